The molecule has 3 rings (SSSR count). The van der Waals surface area contributed by atoms with Gasteiger partial charge in [0.2, 0.25) is 0 Å². The molecule has 21 heavy (non-hydrogen) atoms. The summed E-state index contributed by atoms with van der Waals surface area (Å²) in [4.78, 5) is 5.45. The topological polar surface area (TPSA) is 38.6 Å². The zero-order valence-electron chi connectivity index (χ0n) is 11.8. The summed E-state index contributed by atoms with van der Waals surface area (Å²) < 4.78 is 7.76. The number of fused-ring (bicyclic) bond motifs is 1. The molecule has 0 amide bonds. The zero-order chi connectivity index (χ0) is 14.8. The first-order chi connectivity index (χ1) is 10.2. The highest BCUT2D eigenvalue weighted by Crippen LogP contribution is 2.28. The first kappa shape index (κ1) is 14.4. The minimum atomic E-state index is 0.261. The van der Waals surface area contributed by atoms with Crippen molar-refractivity contribution >= 4 is 27.9 Å². The van der Waals surface area contributed by atoms with Crippen LogP contribution in [0.15, 0.2) is 36.0 Å². The maximum Gasteiger partial charge on any atom is 0.193 e. The predicted octanol–water partition coefficient (Wildman–Crippen LogP) is 3.91. The normalized spacial score (nSPS) is 12.7. The fraction of sp³-hybridized carbons (Fsp3) is 0.267. The van der Waals surface area contributed by atoms with E-state index in [1.807, 2.05) is 47.4 Å². The number of rotatable bonds is 5. The fourth-order valence-electron chi connectivity index (χ4n) is 2.07. The Balaban J connectivity index is 1.71. The second-order valence-electron chi connectivity index (χ2n) is 4.81. The van der Waals surface area contributed by atoms with Crippen molar-refractivity contribution < 1.29 is 4.74 Å². The lowest BCUT2D eigenvalue weighted by molar-refractivity contribution is 0.302. The second-order valence-corrected chi connectivity index (χ2v) is 6.09. The summed E-state index contributed by atoms with van der Waals surface area (Å²) in [6, 6.07) is 6.12. The lowest BCUT2D eigenvalue weighted by Gasteiger charge is -2.13. The second kappa shape index (κ2) is 6.05. The van der Waals surface area contributed by atoms with Crippen LogP contribution in [0.5, 0.6) is 5.75 Å². The Morgan fingerprint density at radius 1 is 1.48 bits per heavy atom. The Kier molecular flexibility index (Phi) is 4.14. The van der Waals surface area contributed by atoms with Gasteiger partial charge in [-0.2, -0.15) is 0 Å². The van der Waals surface area contributed by atoms with Gasteiger partial charge in [-0.05, 0) is 31.7 Å². The Morgan fingerprint density at radius 2 is 2.33 bits per heavy atom. The van der Waals surface area contributed by atoms with E-state index in [1.54, 1.807) is 11.3 Å². The number of nitrogens with one attached hydrogen (secondary N) is 1. The van der Waals surface area contributed by atoms with Crippen LogP contribution in [0.3, 0.4) is 0 Å². The van der Waals surface area contributed by atoms with E-state index in [-0.39, 0.29) is 6.04 Å². The van der Waals surface area contributed by atoms with Gasteiger partial charge in [0.15, 0.2) is 4.96 Å². The van der Waals surface area contributed by atoms with E-state index in [9.17, 15) is 0 Å². The molecule has 0 saturated carbocycles. The first-order valence-corrected chi connectivity index (χ1v) is 7.93. The summed E-state index contributed by atoms with van der Waals surface area (Å²) in [6.07, 6.45) is 3.95. The third kappa shape index (κ3) is 3.05. The highest BCUT2D eigenvalue weighted by molar-refractivity contribution is 7.15. The van der Waals surface area contributed by atoms with Crippen LogP contribution < -0.4 is 10.1 Å². The number of imidazole rings is 1. The van der Waals surface area contributed by atoms with Crippen LogP contribution in [0.2, 0.25) is 5.02 Å². The summed E-state index contributed by atoms with van der Waals surface area (Å²) in [5.74, 6) is 0.681. The molecule has 0 radical (unpaired) electrons. The smallest absolute Gasteiger partial charge is 0.193 e. The molecule has 3 aromatic rings. The van der Waals surface area contributed by atoms with Gasteiger partial charge in [0.05, 0.1) is 10.7 Å². The molecule has 0 fully saturated rings. The molecule has 1 unspecified atom stereocenters. The minimum absolute atomic E-state index is 0.261. The van der Waals surface area contributed by atoms with Gasteiger partial charge in [0.1, 0.15) is 12.4 Å². The molecule has 4 nitrogen and oxygen atoms in total. The SMILES string of the molecule is CNC(C)c1ccc(OCc2cn3ccsc3n2)c(Cl)c1. The number of hydrogen-bond donors (Lipinski definition) is 1. The molecule has 1 aromatic carbocycles. The zero-order valence-corrected chi connectivity index (χ0v) is 13.4. The van der Waals surface area contributed by atoms with E-state index in [0.717, 1.165) is 16.2 Å². The van der Waals surface area contributed by atoms with Crippen LogP contribution >= 0.6 is 22.9 Å². The Morgan fingerprint density at radius 3 is 3.05 bits per heavy atom. The van der Waals surface area contributed by atoms with Crippen molar-refractivity contribution in [3.63, 3.8) is 0 Å². The lowest BCUT2D eigenvalue weighted by Crippen LogP contribution is -2.12. The lowest BCUT2D eigenvalue weighted by atomic mass is 10.1. The van der Waals surface area contributed by atoms with Crippen molar-refractivity contribution in [2.75, 3.05) is 7.05 Å². The van der Waals surface area contributed by atoms with Gasteiger partial charge < -0.3 is 10.1 Å². The van der Waals surface area contributed by atoms with Crippen molar-refractivity contribution in [3.05, 3.63) is 52.3 Å². The van der Waals surface area contributed by atoms with E-state index in [1.165, 1.54) is 0 Å². The summed E-state index contributed by atoms with van der Waals surface area (Å²) >= 11 is 7.88. The molecule has 110 valence electrons. The third-order valence-electron chi connectivity index (χ3n) is 3.41. The molecule has 0 aliphatic rings. The summed E-state index contributed by atoms with van der Waals surface area (Å²) in [5, 5.41) is 5.81. The highest BCUT2D eigenvalue weighted by atomic mass is 35.5. The van der Waals surface area contributed by atoms with Gasteiger partial charge in [0.25, 0.3) is 0 Å². The molecule has 0 spiro atoms. The van der Waals surface area contributed by atoms with Crippen LogP contribution in [-0.4, -0.2) is 16.4 Å². The Bertz CT molecular complexity index is 724. The first-order valence-electron chi connectivity index (χ1n) is 6.68. The molecule has 0 saturated heterocycles. The summed E-state index contributed by atoms with van der Waals surface area (Å²) in [7, 11) is 1.92. The number of hydrogen-bond acceptors (Lipinski definition) is 4. The van der Waals surface area contributed by atoms with Gasteiger partial charge in [-0.15, -0.1) is 11.3 Å². The molecule has 0 aliphatic heterocycles. The molecule has 6 heteroatoms. The Labute approximate surface area is 132 Å². The van der Waals surface area contributed by atoms with Crippen molar-refractivity contribution in [2.24, 2.45) is 0 Å². The molecule has 0 bridgehead atoms. The van der Waals surface area contributed by atoms with E-state index >= 15 is 0 Å². The van der Waals surface area contributed by atoms with Crippen molar-refractivity contribution in [1.29, 1.82) is 0 Å². The van der Waals surface area contributed by atoms with Gasteiger partial charge >= 0.3 is 0 Å². The standard InChI is InChI=1S/C15H16ClN3OS/c1-10(17-2)11-3-4-14(13(16)7-11)20-9-12-8-19-5-6-21-15(19)18-12/h3-8,10,17H,9H2,1-2H3. The molecule has 2 heterocycles. The highest BCUT2D eigenvalue weighted by Gasteiger charge is 2.09. The maximum atomic E-state index is 6.28. The predicted molar refractivity (Wildman–Crippen MR) is 86.3 cm³/mol. The van der Waals surface area contributed by atoms with Gasteiger partial charge in [-0.3, -0.25) is 4.40 Å². The quantitative estimate of drug-likeness (QED) is 0.774. The van der Waals surface area contributed by atoms with Gasteiger partial charge in [0, 0.05) is 23.8 Å². The average Bonchev–Trinajstić information content (AvgIpc) is 3.06. The molecular weight excluding hydrogens is 306 g/mol. The van der Waals surface area contributed by atoms with Crippen LogP contribution in [0, 0.1) is 0 Å². The van der Waals surface area contributed by atoms with Gasteiger partial charge in [-0.1, -0.05) is 17.7 Å². The van der Waals surface area contributed by atoms with E-state index in [2.05, 4.69) is 17.2 Å². The molecular formula is C15H16ClN3OS. The summed E-state index contributed by atoms with van der Waals surface area (Å²) in [6.45, 7) is 2.50. The Hall–Kier alpha value is -1.56. The number of thiazole rings is 1. The number of ether oxygens (including phenoxy) is 1. The van der Waals surface area contributed by atoms with Gasteiger partial charge in [-0.25, -0.2) is 4.98 Å². The average molecular weight is 322 g/mol. The third-order valence-corrected chi connectivity index (χ3v) is 4.47. The number of benzene rings is 1. The monoisotopic (exact) mass is 321 g/mol. The summed E-state index contributed by atoms with van der Waals surface area (Å²) in [5.41, 5.74) is 2.03. The number of aromatic nitrogens is 2. The van der Waals surface area contributed by atoms with Crippen LogP contribution in [0.4, 0.5) is 0 Å². The van der Waals surface area contributed by atoms with Crippen LogP contribution in [0.25, 0.3) is 4.96 Å². The van der Waals surface area contributed by atoms with E-state index in [4.69, 9.17) is 16.3 Å². The van der Waals surface area contributed by atoms with Crippen molar-refractivity contribution in [3.8, 4) is 5.75 Å². The minimum Gasteiger partial charge on any atom is -0.486 e. The maximum absolute atomic E-state index is 6.28. The largest absolute Gasteiger partial charge is 0.486 e. The molecule has 1 N–H and O–H groups in total. The van der Waals surface area contributed by atoms with Crippen LogP contribution in [0.1, 0.15) is 24.2 Å². The number of halogens is 1. The number of nitrogens with zero attached hydrogens (tertiary/aromatic N) is 2. The van der Waals surface area contributed by atoms with Crippen molar-refractivity contribution in [2.45, 2.75) is 19.6 Å². The molecule has 1 atom stereocenters. The fourth-order valence-corrected chi connectivity index (χ4v) is 3.03. The molecule has 2 aromatic heterocycles. The van der Waals surface area contributed by atoms with E-state index in [0.29, 0.717) is 17.4 Å². The van der Waals surface area contributed by atoms with Crippen LogP contribution in [-0.2, 0) is 6.61 Å². The van der Waals surface area contributed by atoms with Crippen molar-refractivity contribution in [1.82, 2.24) is 14.7 Å². The molecule has 0 aliphatic carbocycles. The van der Waals surface area contributed by atoms with E-state index < -0.39 is 0 Å².